The molecular formula is C19H26N4O. The van der Waals surface area contributed by atoms with Crippen molar-refractivity contribution in [1.82, 2.24) is 14.9 Å². The minimum Gasteiger partial charge on any atom is -0.330 e. The number of nitrogens with zero attached hydrogens (tertiary/aromatic N) is 2. The molecule has 0 radical (unpaired) electrons. The second-order valence-electron chi connectivity index (χ2n) is 6.89. The smallest absolute Gasteiger partial charge is 0.238 e. The number of rotatable bonds is 8. The molecule has 3 rings (SSSR count). The van der Waals surface area contributed by atoms with Crippen LogP contribution in [0.3, 0.4) is 0 Å². The molecule has 0 unspecified atom stereocenters. The van der Waals surface area contributed by atoms with Crippen molar-refractivity contribution in [1.29, 1.82) is 0 Å². The second-order valence-corrected chi connectivity index (χ2v) is 6.89. The first-order valence-corrected chi connectivity index (χ1v) is 8.72. The molecule has 128 valence electrons. The van der Waals surface area contributed by atoms with Gasteiger partial charge in [0.1, 0.15) is 5.82 Å². The molecule has 1 fully saturated rings. The van der Waals surface area contributed by atoms with Crippen molar-refractivity contribution in [3.8, 4) is 0 Å². The van der Waals surface area contributed by atoms with E-state index in [1.807, 2.05) is 30.6 Å². The van der Waals surface area contributed by atoms with Crippen molar-refractivity contribution < 1.29 is 4.79 Å². The highest BCUT2D eigenvalue weighted by molar-refractivity contribution is 5.92. The normalized spacial score (nSPS) is 14.1. The van der Waals surface area contributed by atoms with E-state index in [0.29, 0.717) is 12.5 Å². The summed E-state index contributed by atoms with van der Waals surface area (Å²) < 4.78 is 2.16. The van der Waals surface area contributed by atoms with Crippen LogP contribution in [0.25, 0.3) is 0 Å². The summed E-state index contributed by atoms with van der Waals surface area (Å²) in [7, 11) is 0. The van der Waals surface area contributed by atoms with Crippen molar-refractivity contribution in [2.75, 3.05) is 18.4 Å². The fourth-order valence-corrected chi connectivity index (χ4v) is 2.82. The lowest BCUT2D eigenvalue weighted by Crippen LogP contribution is -2.29. The average Bonchev–Trinajstić information content (AvgIpc) is 3.24. The number of hydrogen-bond acceptors (Lipinski definition) is 3. The number of aromatic nitrogens is 2. The van der Waals surface area contributed by atoms with Crippen LogP contribution in [0.15, 0.2) is 36.7 Å². The Balaban J connectivity index is 1.56. The summed E-state index contributed by atoms with van der Waals surface area (Å²) in [4.78, 5) is 16.4. The third-order valence-electron chi connectivity index (χ3n) is 4.24. The zero-order chi connectivity index (χ0) is 16.9. The van der Waals surface area contributed by atoms with Crippen molar-refractivity contribution in [2.45, 2.75) is 39.2 Å². The minimum absolute atomic E-state index is 0.0123. The zero-order valence-electron chi connectivity index (χ0n) is 14.5. The molecule has 2 aromatic rings. The molecule has 24 heavy (non-hydrogen) atoms. The standard InChI is InChI=1S/C19H26N4O/c1-14(2)19-21-8-9-23(19)13-16-4-3-5-17(10-16)22-18(24)12-20-11-15-6-7-15/h3-5,8-10,14-15,20H,6-7,11-13H2,1-2H3,(H,22,24). The van der Waals surface area contributed by atoms with Gasteiger partial charge < -0.3 is 15.2 Å². The minimum atomic E-state index is 0.0123. The van der Waals surface area contributed by atoms with Gasteiger partial charge in [-0.25, -0.2) is 4.98 Å². The Labute approximate surface area is 143 Å². The quantitative estimate of drug-likeness (QED) is 0.784. The maximum atomic E-state index is 12.0. The number of amides is 1. The van der Waals surface area contributed by atoms with E-state index in [0.717, 1.165) is 36.1 Å². The van der Waals surface area contributed by atoms with Gasteiger partial charge in [0.15, 0.2) is 0 Å². The first-order valence-electron chi connectivity index (χ1n) is 8.72. The average molecular weight is 326 g/mol. The summed E-state index contributed by atoms with van der Waals surface area (Å²) in [6.07, 6.45) is 6.43. The van der Waals surface area contributed by atoms with Crippen LogP contribution in [-0.2, 0) is 11.3 Å². The third-order valence-corrected chi connectivity index (χ3v) is 4.24. The van der Waals surface area contributed by atoms with Gasteiger partial charge in [0, 0.05) is 30.5 Å². The van der Waals surface area contributed by atoms with Crippen LogP contribution < -0.4 is 10.6 Å². The van der Waals surface area contributed by atoms with E-state index < -0.39 is 0 Å². The second kappa shape index (κ2) is 7.62. The molecule has 0 atom stereocenters. The molecular weight excluding hydrogens is 300 g/mol. The van der Waals surface area contributed by atoms with E-state index in [2.05, 4.69) is 40.1 Å². The van der Waals surface area contributed by atoms with Gasteiger partial charge in [-0.3, -0.25) is 4.79 Å². The van der Waals surface area contributed by atoms with E-state index in [9.17, 15) is 4.79 Å². The van der Waals surface area contributed by atoms with Crippen LogP contribution in [0, 0.1) is 5.92 Å². The monoisotopic (exact) mass is 326 g/mol. The molecule has 1 aliphatic carbocycles. The highest BCUT2D eigenvalue weighted by Gasteiger charge is 2.20. The molecule has 2 N–H and O–H groups in total. The number of benzene rings is 1. The van der Waals surface area contributed by atoms with Gasteiger partial charge in [0.25, 0.3) is 0 Å². The van der Waals surface area contributed by atoms with E-state index in [-0.39, 0.29) is 5.91 Å². The number of anilines is 1. The molecule has 5 heteroatoms. The highest BCUT2D eigenvalue weighted by atomic mass is 16.1. The SMILES string of the molecule is CC(C)c1nccn1Cc1cccc(NC(=O)CNCC2CC2)c1. The first kappa shape index (κ1) is 16.7. The Morgan fingerprint density at radius 1 is 1.38 bits per heavy atom. The lowest BCUT2D eigenvalue weighted by atomic mass is 10.1. The van der Waals surface area contributed by atoms with Gasteiger partial charge in [0.2, 0.25) is 5.91 Å². The first-order chi connectivity index (χ1) is 11.6. The van der Waals surface area contributed by atoms with Gasteiger partial charge in [-0.15, -0.1) is 0 Å². The molecule has 0 spiro atoms. The zero-order valence-corrected chi connectivity index (χ0v) is 14.5. The number of nitrogens with one attached hydrogen (secondary N) is 2. The lowest BCUT2D eigenvalue weighted by molar-refractivity contribution is -0.115. The largest absolute Gasteiger partial charge is 0.330 e. The Morgan fingerprint density at radius 2 is 2.21 bits per heavy atom. The molecule has 1 heterocycles. The maximum Gasteiger partial charge on any atom is 0.238 e. The number of hydrogen-bond donors (Lipinski definition) is 2. The predicted molar refractivity (Wildman–Crippen MR) is 96.1 cm³/mol. The van der Waals surface area contributed by atoms with Gasteiger partial charge in [-0.2, -0.15) is 0 Å². The Morgan fingerprint density at radius 3 is 2.96 bits per heavy atom. The molecule has 5 nitrogen and oxygen atoms in total. The molecule has 1 saturated carbocycles. The topological polar surface area (TPSA) is 59.0 Å². The third kappa shape index (κ3) is 4.68. The molecule has 1 aliphatic rings. The number of carbonyl (C=O) groups is 1. The van der Waals surface area contributed by atoms with Crippen LogP contribution in [0.2, 0.25) is 0 Å². The summed E-state index contributed by atoms with van der Waals surface area (Å²) >= 11 is 0. The molecule has 1 aromatic carbocycles. The fourth-order valence-electron chi connectivity index (χ4n) is 2.82. The van der Waals surface area contributed by atoms with Gasteiger partial charge in [-0.05, 0) is 43.0 Å². The Hall–Kier alpha value is -2.14. The predicted octanol–water partition coefficient (Wildman–Crippen LogP) is 2.99. The van der Waals surface area contributed by atoms with Crippen LogP contribution >= 0.6 is 0 Å². The molecule has 1 aromatic heterocycles. The molecule has 0 bridgehead atoms. The number of imidazole rings is 1. The van der Waals surface area contributed by atoms with Gasteiger partial charge in [0.05, 0.1) is 6.54 Å². The highest BCUT2D eigenvalue weighted by Crippen LogP contribution is 2.27. The van der Waals surface area contributed by atoms with Crippen molar-refractivity contribution in [3.63, 3.8) is 0 Å². The van der Waals surface area contributed by atoms with E-state index >= 15 is 0 Å². The summed E-state index contributed by atoms with van der Waals surface area (Å²) in [5.41, 5.74) is 2.00. The van der Waals surface area contributed by atoms with Gasteiger partial charge >= 0.3 is 0 Å². The van der Waals surface area contributed by atoms with E-state index in [4.69, 9.17) is 0 Å². The van der Waals surface area contributed by atoms with Crippen molar-refractivity contribution in [3.05, 3.63) is 48.0 Å². The van der Waals surface area contributed by atoms with Crippen molar-refractivity contribution in [2.24, 2.45) is 5.92 Å². The fraction of sp³-hybridized carbons (Fsp3) is 0.474. The number of carbonyl (C=O) groups excluding carboxylic acids is 1. The van der Waals surface area contributed by atoms with Gasteiger partial charge in [-0.1, -0.05) is 26.0 Å². The summed E-state index contributed by atoms with van der Waals surface area (Å²) in [6, 6.07) is 8.02. The molecule has 1 amide bonds. The Bertz CT molecular complexity index is 688. The maximum absolute atomic E-state index is 12.0. The van der Waals surface area contributed by atoms with Crippen LogP contribution in [-0.4, -0.2) is 28.5 Å². The van der Waals surface area contributed by atoms with Crippen LogP contribution in [0.1, 0.15) is 44.0 Å². The Kier molecular flexibility index (Phi) is 5.30. The molecule has 0 saturated heterocycles. The van der Waals surface area contributed by atoms with E-state index in [1.165, 1.54) is 12.8 Å². The summed E-state index contributed by atoms with van der Waals surface area (Å²) in [6.45, 7) is 6.37. The lowest BCUT2D eigenvalue weighted by Gasteiger charge is -2.12. The van der Waals surface area contributed by atoms with Crippen molar-refractivity contribution >= 4 is 11.6 Å². The van der Waals surface area contributed by atoms with E-state index in [1.54, 1.807) is 0 Å². The summed E-state index contributed by atoms with van der Waals surface area (Å²) in [5.74, 6) is 2.26. The van der Waals surface area contributed by atoms with Crippen LogP contribution in [0.5, 0.6) is 0 Å². The van der Waals surface area contributed by atoms with Crippen LogP contribution in [0.4, 0.5) is 5.69 Å². The summed E-state index contributed by atoms with van der Waals surface area (Å²) in [5, 5.41) is 6.18. The molecule has 0 aliphatic heterocycles.